The molecule has 1 fully saturated rings. The van der Waals surface area contributed by atoms with Crippen LogP contribution in [0.15, 0.2) is 37.2 Å². The van der Waals surface area contributed by atoms with Crippen molar-refractivity contribution in [2.75, 3.05) is 38.2 Å². The Morgan fingerprint density at radius 1 is 1.28 bits per heavy atom. The number of likely N-dealkylation sites (N-methyl/N-ethyl adjacent to an activating group) is 1. The average molecular weight is 491 g/mol. The number of nitrogens with one attached hydrogen (secondary N) is 1. The minimum absolute atomic E-state index is 0.00487. The summed E-state index contributed by atoms with van der Waals surface area (Å²) in [4.78, 5) is 49.2. The van der Waals surface area contributed by atoms with Crippen molar-refractivity contribution in [3.8, 4) is 0 Å². The van der Waals surface area contributed by atoms with Crippen LogP contribution >= 0.6 is 0 Å². The highest BCUT2D eigenvalue weighted by atomic mass is 16.2. The van der Waals surface area contributed by atoms with Gasteiger partial charge in [0.25, 0.3) is 5.91 Å². The van der Waals surface area contributed by atoms with E-state index in [-0.39, 0.29) is 35.8 Å². The molecule has 36 heavy (non-hydrogen) atoms. The zero-order chi connectivity index (χ0) is 26.0. The van der Waals surface area contributed by atoms with E-state index in [0.29, 0.717) is 29.8 Å². The van der Waals surface area contributed by atoms with Crippen molar-refractivity contribution in [3.05, 3.63) is 54.0 Å². The summed E-state index contributed by atoms with van der Waals surface area (Å²) in [6.07, 6.45) is 4.47. The summed E-state index contributed by atoms with van der Waals surface area (Å²) in [5.74, 6) is -0.444. The van der Waals surface area contributed by atoms with Gasteiger partial charge >= 0.3 is 0 Å². The predicted octanol–water partition coefficient (Wildman–Crippen LogP) is 1.95. The molecule has 0 spiro atoms. The van der Waals surface area contributed by atoms with Gasteiger partial charge in [-0.3, -0.25) is 14.4 Å². The number of carbonyl (C=O) groups excluding carboxylic acids is 3. The van der Waals surface area contributed by atoms with Crippen LogP contribution in [0, 0.1) is 6.92 Å². The number of nitrogens with zero attached hydrogens (tertiary/aromatic N) is 6. The third-order valence-electron chi connectivity index (χ3n) is 6.36. The maximum Gasteiger partial charge on any atom is 0.277 e. The highest BCUT2D eigenvalue weighted by Crippen LogP contribution is 2.29. The third kappa shape index (κ3) is 4.90. The summed E-state index contributed by atoms with van der Waals surface area (Å²) in [6.45, 7) is 6.50. The normalized spacial score (nSPS) is 15.5. The number of benzene rings is 1. The van der Waals surface area contributed by atoms with Crippen molar-refractivity contribution in [2.45, 2.75) is 32.2 Å². The molecule has 1 saturated heterocycles. The van der Waals surface area contributed by atoms with Crippen LogP contribution in [0.1, 0.15) is 40.5 Å². The van der Waals surface area contributed by atoms with Crippen LogP contribution in [0.25, 0.3) is 11.0 Å². The predicted molar refractivity (Wildman–Crippen MR) is 136 cm³/mol. The van der Waals surface area contributed by atoms with Gasteiger partial charge in [-0.25, -0.2) is 14.6 Å². The molecule has 3 N–H and O–H groups in total. The maximum absolute atomic E-state index is 13.4. The molecule has 3 heterocycles. The van der Waals surface area contributed by atoms with Crippen molar-refractivity contribution < 1.29 is 14.4 Å². The molecule has 1 aliphatic heterocycles. The zero-order valence-corrected chi connectivity index (χ0v) is 20.7. The highest BCUT2D eigenvalue weighted by molar-refractivity contribution is 6.13. The third-order valence-corrected chi connectivity index (χ3v) is 6.36. The summed E-state index contributed by atoms with van der Waals surface area (Å²) in [5, 5.41) is 7.87. The smallest absolute Gasteiger partial charge is 0.277 e. The second kappa shape index (κ2) is 10.1. The lowest BCUT2D eigenvalue weighted by molar-refractivity contribution is -0.128. The van der Waals surface area contributed by atoms with Gasteiger partial charge in [-0.1, -0.05) is 18.7 Å². The van der Waals surface area contributed by atoms with E-state index in [1.807, 2.05) is 19.1 Å². The van der Waals surface area contributed by atoms with E-state index >= 15 is 0 Å². The fraction of sp³-hybridized carbons (Fsp3) is 0.360. The minimum Gasteiger partial charge on any atom is -0.383 e. The lowest BCUT2D eigenvalue weighted by Gasteiger charge is -2.32. The number of hydrogen-bond acceptors (Lipinski definition) is 7. The Hall–Kier alpha value is -4.28. The first kappa shape index (κ1) is 24.8. The van der Waals surface area contributed by atoms with E-state index in [2.05, 4.69) is 27.0 Å². The number of aryl methyl sites for hydroxylation is 1. The zero-order valence-electron chi connectivity index (χ0n) is 20.7. The van der Waals surface area contributed by atoms with E-state index in [4.69, 9.17) is 5.73 Å². The molecule has 1 atom stereocenters. The summed E-state index contributed by atoms with van der Waals surface area (Å²) < 4.78 is 1.67. The molecule has 3 amide bonds. The van der Waals surface area contributed by atoms with Crippen molar-refractivity contribution in [2.24, 2.45) is 0 Å². The largest absolute Gasteiger partial charge is 0.383 e. The number of fused-ring (bicyclic) bond motifs is 1. The molecule has 1 aliphatic rings. The molecule has 11 nitrogen and oxygen atoms in total. The lowest BCUT2D eigenvalue weighted by Crippen LogP contribution is -2.40. The van der Waals surface area contributed by atoms with Gasteiger partial charge in [0.05, 0.1) is 17.8 Å². The minimum atomic E-state index is -0.449. The number of nitrogen functional groups attached to an aromatic ring is 1. The fourth-order valence-electron chi connectivity index (χ4n) is 4.38. The topological polar surface area (TPSA) is 139 Å². The average Bonchev–Trinajstić information content (AvgIpc) is 3.26. The van der Waals surface area contributed by atoms with Gasteiger partial charge in [-0.15, -0.1) is 0 Å². The molecular weight excluding hydrogens is 460 g/mol. The summed E-state index contributed by atoms with van der Waals surface area (Å²) in [5.41, 5.74) is 8.97. The van der Waals surface area contributed by atoms with Crippen LogP contribution < -0.4 is 11.1 Å². The standard InChI is InChI=1S/C25H30N8O3/c1-5-19(34)32-10-6-7-17(13-32)33-24-21(23(26)27-14-28-24)22(30-33)25(36)29-18-9-8-16(11-15(18)2)12-20(35)31(3)4/h5,8-9,11,14,17H,1,6-7,10,12-13H2,2-4H3,(H,29,36)(H2,26,27,28)/t17-/m1/s1. The summed E-state index contributed by atoms with van der Waals surface area (Å²) in [6, 6.07) is 5.28. The molecule has 0 aliphatic carbocycles. The van der Waals surface area contributed by atoms with E-state index in [0.717, 1.165) is 24.0 Å². The van der Waals surface area contributed by atoms with E-state index < -0.39 is 5.91 Å². The number of nitrogens with two attached hydrogens (primary N) is 1. The number of hydrogen-bond donors (Lipinski definition) is 2. The number of anilines is 2. The van der Waals surface area contributed by atoms with Gasteiger partial charge in [0.15, 0.2) is 11.3 Å². The second-order valence-electron chi connectivity index (χ2n) is 9.10. The first-order valence-electron chi connectivity index (χ1n) is 11.7. The van der Waals surface area contributed by atoms with Crippen LogP contribution in [-0.2, 0) is 16.0 Å². The highest BCUT2D eigenvalue weighted by Gasteiger charge is 2.29. The van der Waals surface area contributed by atoms with Crippen LogP contribution in [0.5, 0.6) is 0 Å². The Bertz CT molecular complexity index is 1350. The Kier molecular flexibility index (Phi) is 7.00. The van der Waals surface area contributed by atoms with Crippen LogP contribution in [-0.4, -0.2) is 74.5 Å². The molecule has 0 bridgehead atoms. The summed E-state index contributed by atoms with van der Waals surface area (Å²) >= 11 is 0. The lowest BCUT2D eigenvalue weighted by atomic mass is 10.1. The number of amides is 3. The first-order valence-corrected chi connectivity index (χ1v) is 11.7. The van der Waals surface area contributed by atoms with Crippen LogP contribution in [0.4, 0.5) is 11.5 Å². The SMILES string of the molecule is C=CC(=O)N1CCC[C@@H](n2nc(C(=O)Nc3ccc(CC(=O)N(C)C)cc3C)c3c(N)ncnc32)C1. The van der Waals surface area contributed by atoms with Gasteiger partial charge < -0.3 is 20.9 Å². The monoisotopic (exact) mass is 490 g/mol. The molecule has 0 unspecified atom stereocenters. The van der Waals surface area contributed by atoms with Crippen molar-refractivity contribution in [3.63, 3.8) is 0 Å². The number of piperidine rings is 1. The summed E-state index contributed by atoms with van der Waals surface area (Å²) in [7, 11) is 3.43. The van der Waals surface area contributed by atoms with Crippen LogP contribution in [0.2, 0.25) is 0 Å². The first-order chi connectivity index (χ1) is 17.2. The number of carbonyl (C=O) groups is 3. The molecule has 4 rings (SSSR count). The Morgan fingerprint density at radius 2 is 2.06 bits per heavy atom. The Morgan fingerprint density at radius 3 is 2.75 bits per heavy atom. The molecule has 0 radical (unpaired) electrons. The Labute approximate surface area is 209 Å². The van der Waals surface area contributed by atoms with Gasteiger partial charge in [0.2, 0.25) is 11.8 Å². The van der Waals surface area contributed by atoms with Crippen LogP contribution in [0.3, 0.4) is 0 Å². The van der Waals surface area contributed by atoms with Gasteiger partial charge in [0.1, 0.15) is 12.1 Å². The Balaban J connectivity index is 1.63. The van der Waals surface area contributed by atoms with Crippen molar-refractivity contribution in [1.29, 1.82) is 0 Å². The van der Waals surface area contributed by atoms with E-state index in [1.165, 1.54) is 17.3 Å². The number of likely N-dealkylation sites (tertiary alicyclic amines) is 1. The molecular formula is C25H30N8O3. The molecule has 188 valence electrons. The quantitative estimate of drug-likeness (QED) is 0.503. The van der Waals surface area contributed by atoms with Gasteiger partial charge in [0, 0.05) is 32.9 Å². The van der Waals surface area contributed by atoms with Gasteiger partial charge in [-0.05, 0) is 43.0 Å². The van der Waals surface area contributed by atoms with E-state index in [9.17, 15) is 14.4 Å². The van der Waals surface area contributed by atoms with E-state index in [1.54, 1.807) is 29.7 Å². The molecule has 0 saturated carbocycles. The van der Waals surface area contributed by atoms with Crippen molar-refractivity contribution in [1.82, 2.24) is 29.5 Å². The van der Waals surface area contributed by atoms with Gasteiger partial charge in [-0.2, -0.15) is 5.10 Å². The number of aromatic nitrogens is 4. The molecule has 3 aromatic rings. The maximum atomic E-state index is 13.4. The second-order valence-corrected chi connectivity index (χ2v) is 9.10. The van der Waals surface area contributed by atoms with Crippen molar-refractivity contribution >= 4 is 40.3 Å². The molecule has 11 heteroatoms. The number of rotatable bonds is 6. The molecule has 2 aromatic heterocycles. The molecule has 1 aromatic carbocycles. The fourth-order valence-corrected chi connectivity index (χ4v) is 4.38.